The number of methoxy groups -OCH3 is 1. The number of halogens is 4. The third-order valence-corrected chi connectivity index (χ3v) is 2.17. The Kier molecular flexibility index (Phi) is 4.53. The van der Waals surface area contributed by atoms with Gasteiger partial charge in [-0.15, -0.1) is 0 Å². The van der Waals surface area contributed by atoms with E-state index in [1.165, 1.54) is 12.0 Å². The van der Waals surface area contributed by atoms with Crippen molar-refractivity contribution in [2.45, 2.75) is 6.18 Å². The van der Waals surface area contributed by atoms with Crippen LogP contribution >= 0.6 is 11.6 Å². The van der Waals surface area contributed by atoms with Crippen LogP contribution in [0.4, 0.5) is 19.0 Å². The van der Waals surface area contributed by atoms with Crippen LogP contribution in [0, 0.1) is 0 Å². The van der Waals surface area contributed by atoms with Crippen LogP contribution in [-0.4, -0.2) is 37.3 Å². The van der Waals surface area contributed by atoms with Crippen LogP contribution in [0.5, 0.6) is 0 Å². The molecule has 0 saturated heterocycles. The molecule has 0 bridgehead atoms. The van der Waals surface area contributed by atoms with Crippen LogP contribution in [0.25, 0.3) is 0 Å². The minimum Gasteiger partial charge on any atom is -0.383 e. The van der Waals surface area contributed by atoms with Crippen molar-refractivity contribution in [1.82, 2.24) is 9.97 Å². The van der Waals surface area contributed by atoms with E-state index in [0.717, 1.165) is 6.07 Å². The second-order valence-corrected chi connectivity index (χ2v) is 3.63. The highest BCUT2D eigenvalue weighted by atomic mass is 35.5. The fourth-order valence-corrected chi connectivity index (χ4v) is 1.27. The smallest absolute Gasteiger partial charge is 0.383 e. The molecule has 0 saturated carbocycles. The molecule has 0 fully saturated rings. The molecule has 96 valence electrons. The molecule has 8 heteroatoms. The van der Waals surface area contributed by atoms with Gasteiger partial charge in [-0.25, -0.2) is 9.97 Å². The molecule has 1 aromatic rings. The second-order valence-electron chi connectivity index (χ2n) is 3.29. The minimum absolute atomic E-state index is 0.106. The monoisotopic (exact) mass is 269 g/mol. The summed E-state index contributed by atoms with van der Waals surface area (Å²) in [7, 11) is 3.10. The lowest BCUT2D eigenvalue weighted by Crippen LogP contribution is -2.24. The maximum absolute atomic E-state index is 12.5. The van der Waals surface area contributed by atoms with Gasteiger partial charge in [-0.1, -0.05) is 0 Å². The number of ether oxygens (including phenoxy) is 1. The fourth-order valence-electron chi connectivity index (χ4n) is 1.09. The molecule has 0 N–H and O–H groups in total. The summed E-state index contributed by atoms with van der Waals surface area (Å²) in [6.45, 7) is 0.778. The Morgan fingerprint density at radius 1 is 1.41 bits per heavy atom. The molecule has 0 aromatic carbocycles. The van der Waals surface area contributed by atoms with Crippen molar-refractivity contribution in [2.75, 3.05) is 32.2 Å². The highest BCUT2D eigenvalue weighted by Gasteiger charge is 2.33. The van der Waals surface area contributed by atoms with E-state index < -0.39 is 17.2 Å². The summed E-state index contributed by atoms with van der Waals surface area (Å²) < 4.78 is 42.2. The average molecular weight is 270 g/mol. The maximum atomic E-state index is 12.5. The van der Waals surface area contributed by atoms with Crippen molar-refractivity contribution in [3.63, 3.8) is 0 Å². The molecule has 4 nitrogen and oxygen atoms in total. The van der Waals surface area contributed by atoms with Gasteiger partial charge in [-0.05, 0) is 11.6 Å². The van der Waals surface area contributed by atoms with Gasteiger partial charge in [-0.2, -0.15) is 13.2 Å². The molecule has 17 heavy (non-hydrogen) atoms. The van der Waals surface area contributed by atoms with Crippen molar-refractivity contribution in [1.29, 1.82) is 0 Å². The Hall–Kier alpha value is -1.08. The largest absolute Gasteiger partial charge is 0.433 e. The van der Waals surface area contributed by atoms with Crippen LogP contribution in [-0.2, 0) is 10.9 Å². The number of rotatable bonds is 4. The topological polar surface area (TPSA) is 38.2 Å². The Morgan fingerprint density at radius 2 is 2.06 bits per heavy atom. The molecule has 0 amide bonds. The predicted octanol–water partition coefficient (Wildman–Crippen LogP) is 2.23. The SMILES string of the molecule is COCCN(C)c1cc(C(F)(F)F)nc(Cl)n1. The minimum atomic E-state index is -4.54. The Bertz CT molecular complexity index is 386. The second kappa shape index (κ2) is 5.50. The molecule has 1 rings (SSSR count). The first kappa shape index (κ1) is 14.0. The predicted molar refractivity (Wildman–Crippen MR) is 57.2 cm³/mol. The Balaban J connectivity index is 2.97. The zero-order chi connectivity index (χ0) is 13.1. The first-order chi connectivity index (χ1) is 7.84. The third-order valence-electron chi connectivity index (χ3n) is 2.00. The van der Waals surface area contributed by atoms with E-state index >= 15 is 0 Å². The number of alkyl halides is 3. The van der Waals surface area contributed by atoms with Gasteiger partial charge in [0.1, 0.15) is 5.82 Å². The first-order valence-electron chi connectivity index (χ1n) is 4.66. The van der Waals surface area contributed by atoms with E-state index in [1.54, 1.807) is 7.05 Å². The Morgan fingerprint density at radius 3 is 2.59 bits per heavy atom. The quantitative estimate of drug-likeness (QED) is 0.786. The Labute approximate surface area is 101 Å². The van der Waals surface area contributed by atoms with Crippen molar-refractivity contribution in [2.24, 2.45) is 0 Å². The van der Waals surface area contributed by atoms with E-state index in [9.17, 15) is 13.2 Å². The molecule has 0 radical (unpaired) electrons. The van der Waals surface area contributed by atoms with Gasteiger partial charge in [0, 0.05) is 26.8 Å². The van der Waals surface area contributed by atoms with Crippen LogP contribution in [0.15, 0.2) is 6.07 Å². The first-order valence-corrected chi connectivity index (χ1v) is 5.04. The lowest BCUT2D eigenvalue weighted by atomic mass is 10.3. The van der Waals surface area contributed by atoms with Gasteiger partial charge < -0.3 is 9.64 Å². The standard InChI is InChI=1S/C9H11ClF3N3O/c1-16(3-4-17-2)7-5-6(9(11,12)13)14-8(10)15-7/h5H,3-4H2,1-2H3. The van der Waals surface area contributed by atoms with Crippen LogP contribution < -0.4 is 4.90 Å². The van der Waals surface area contributed by atoms with Crippen molar-refractivity contribution >= 4 is 17.4 Å². The van der Waals surface area contributed by atoms with E-state index in [4.69, 9.17) is 16.3 Å². The van der Waals surface area contributed by atoms with Crippen molar-refractivity contribution in [3.8, 4) is 0 Å². The van der Waals surface area contributed by atoms with E-state index in [0.29, 0.717) is 13.2 Å². The van der Waals surface area contributed by atoms with Gasteiger partial charge in [0.15, 0.2) is 5.69 Å². The summed E-state index contributed by atoms with van der Waals surface area (Å²) in [6.07, 6.45) is -4.54. The molecule has 0 aliphatic rings. The molecule has 1 aromatic heterocycles. The zero-order valence-electron chi connectivity index (χ0n) is 9.25. The highest BCUT2D eigenvalue weighted by molar-refractivity contribution is 6.28. The summed E-state index contributed by atoms with van der Waals surface area (Å²) in [4.78, 5) is 8.37. The van der Waals surface area contributed by atoms with Gasteiger partial charge in [-0.3, -0.25) is 0 Å². The fraction of sp³-hybridized carbons (Fsp3) is 0.556. The number of nitrogens with zero attached hydrogens (tertiary/aromatic N) is 3. The maximum Gasteiger partial charge on any atom is 0.433 e. The van der Waals surface area contributed by atoms with Gasteiger partial charge in [0.2, 0.25) is 5.28 Å². The van der Waals surface area contributed by atoms with E-state index in [-0.39, 0.29) is 5.82 Å². The normalized spacial score (nSPS) is 11.6. The summed E-state index contributed by atoms with van der Waals surface area (Å²) in [5.74, 6) is 0.106. The molecule has 0 unspecified atom stereocenters. The summed E-state index contributed by atoms with van der Waals surface area (Å²) in [6, 6.07) is 0.849. The number of hydrogen-bond acceptors (Lipinski definition) is 4. The van der Waals surface area contributed by atoms with Crippen LogP contribution in [0.1, 0.15) is 5.69 Å². The summed E-state index contributed by atoms with van der Waals surface area (Å²) in [5.41, 5.74) is -1.06. The van der Waals surface area contributed by atoms with E-state index in [1.807, 2.05) is 0 Å². The van der Waals surface area contributed by atoms with Crippen molar-refractivity contribution < 1.29 is 17.9 Å². The molecular weight excluding hydrogens is 259 g/mol. The molecule has 1 heterocycles. The highest BCUT2D eigenvalue weighted by Crippen LogP contribution is 2.30. The molecule has 0 spiro atoms. The van der Waals surface area contributed by atoms with Crippen LogP contribution in [0.2, 0.25) is 5.28 Å². The van der Waals surface area contributed by atoms with E-state index in [2.05, 4.69) is 9.97 Å². The summed E-state index contributed by atoms with van der Waals surface area (Å²) >= 11 is 5.45. The van der Waals surface area contributed by atoms with Crippen molar-refractivity contribution in [3.05, 3.63) is 17.0 Å². The van der Waals surface area contributed by atoms with Gasteiger partial charge >= 0.3 is 6.18 Å². The van der Waals surface area contributed by atoms with Crippen LogP contribution in [0.3, 0.4) is 0 Å². The third kappa shape index (κ3) is 4.01. The lowest BCUT2D eigenvalue weighted by molar-refractivity contribution is -0.141. The number of hydrogen-bond donors (Lipinski definition) is 0. The van der Waals surface area contributed by atoms with Gasteiger partial charge in [0.25, 0.3) is 0 Å². The number of aromatic nitrogens is 2. The number of anilines is 1. The average Bonchev–Trinajstić information content (AvgIpc) is 2.23. The number of likely N-dealkylation sites (N-methyl/N-ethyl adjacent to an activating group) is 1. The molecule has 0 atom stereocenters. The zero-order valence-corrected chi connectivity index (χ0v) is 10.0. The summed E-state index contributed by atoms with van der Waals surface area (Å²) in [5, 5.41) is -0.431. The molecular formula is C9H11ClF3N3O. The van der Waals surface area contributed by atoms with Gasteiger partial charge in [0.05, 0.1) is 6.61 Å². The lowest BCUT2D eigenvalue weighted by Gasteiger charge is -2.18. The molecule has 0 aliphatic carbocycles. The molecule has 0 aliphatic heterocycles.